The third-order valence-electron chi connectivity index (χ3n) is 3.92. The van der Waals surface area contributed by atoms with Crippen molar-refractivity contribution in [3.05, 3.63) is 54.1 Å². The minimum atomic E-state index is -0.543. The number of rotatable bonds is 4. The lowest BCUT2D eigenvalue weighted by molar-refractivity contribution is -0.126. The van der Waals surface area contributed by atoms with Gasteiger partial charge in [-0.3, -0.25) is 4.79 Å². The largest absolute Gasteiger partial charge is 0.493 e. The summed E-state index contributed by atoms with van der Waals surface area (Å²) in [6.07, 6.45) is 0. The van der Waals surface area contributed by atoms with E-state index in [1.54, 1.807) is 19.1 Å². The molecule has 1 aliphatic rings. The molecule has 0 radical (unpaired) electrons. The first-order valence-corrected chi connectivity index (χ1v) is 7.03. The van der Waals surface area contributed by atoms with Gasteiger partial charge in [0.1, 0.15) is 6.04 Å². The highest BCUT2D eigenvalue weighted by Gasteiger charge is 2.46. The number of nitrogens with two attached hydrogens (primary N) is 1. The normalized spacial score (nSPS) is 20.5. The zero-order valence-electron chi connectivity index (χ0n) is 12.5. The first kappa shape index (κ1) is 14.4. The van der Waals surface area contributed by atoms with Crippen LogP contribution in [-0.2, 0) is 4.79 Å². The van der Waals surface area contributed by atoms with Gasteiger partial charge in [0.25, 0.3) is 0 Å². The molecule has 0 unspecified atom stereocenters. The number of carbonyl (C=O) groups is 1. The van der Waals surface area contributed by atoms with Crippen LogP contribution in [0.5, 0.6) is 11.5 Å². The number of hydrogen-bond acceptors (Lipinski definition) is 4. The van der Waals surface area contributed by atoms with E-state index >= 15 is 0 Å². The van der Waals surface area contributed by atoms with Crippen molar-refractivity contribution in [2.45, 2.75) is 12.1 Å². The van der Waals surface area contributed by atoms with Crippen molar-refractivity contribution in [1.29, 1.82) is 0 Å². The molecule has 1 aliphatic heterocycles. The molecular formula is C17H18N2O3. The third-order valence-corrected chi connectivity index (χ3v) is 3.92. The Morgan fingerprint density at radius 3 is 2.32 bits per heavy atom. The zero-order chi connectivity index (χ0) is 15.7. The molecule has 0 spiro atoms. The molecule has 2 N–H and O–H groups in total. The highest BCUT2D eigenvalue weighted by molar-refractivity contribution is 6.05. The van der Waals surface area contributed by atoms with Crippen molar-refractivity contribution < 1.29 is 14.3 Å². The van der Waals surface area contributed by atoms with Crippen molar-refractivity contribution >= 4 is 11.6 Å². The van der Waals surface area contributed by atoms with Crippen LogP contribution in [0.25, 0.3) is 0 Å². The lowest BCUT2D eigenvalue weighted by Gasteiger charge is -2.45. The highest BCUT2D eigenvalue weighted by atomic mass is 16.5. The first-order valence-electron chi connectivity index (χ1n) is 7.03. The Balaban J connectivity index is 1.98. The molecule has 1 amide bonds. The van der Waals surface area contributed by atoms with Gasteiger partial charge in [-0.2, -0.15) is 0 Å². The molecule has 0 aliphatic carbocycles. The van der Waals surface area contributed by atoms with Gasteiger partial charge < -0.3 is 20.1 Å². The first-order chi connectivity index (χ1) is 10.7. The SMILES string of the molecule is COc1ccc([C@H]2[C@H](N)C(=O)N2c2ccccc2)cc1OC. The van der Waals surface area contributed by atoms with Crippen LogP contribution in [0.4, 0.5) is 5.69 Å². The number of carbonyl (C=O) groups excluding carboxylic acids is 1. The van der Waals surface area contributed by atoms with Crippen molar-refractivity contribution in [2.75, 3.05) is 19.1 Å². The van der Waals surface area contributed by atoms with Crippen LogP contribution < -0.4 is 20.1 Å². The van der Waals surface area contributed by atoms with Crippen LogP contribution in [0.15, 0.2) is 48.5 Å². The second kappa shape index (κ2) is 5.69. The summed E-state index contributed by atoms with van der Waals surface area (Å²) in [6, 6.07) is 14.4. The van der Waals surface area contributed by atoms with Crippen molar-refractivity contribution in [2.24, 2.45) is 5.73 Å². The van der Waals surface area contributed by atoms with Crippen molar-refractivity contribution in [3.8, 4) is 11.5 Å². The number of benzene rings is 2. The van der Waals surface area contributed by atoms with E-state index in [2.05, 4.69) is 0 Å². The number of para-hydroxylation sites is 1. The van der Waals surface area contributed by atoms with Crippen molar-refractivity contribution in [1.82, 2.24) is 0 Å². The summed E-state index contributed by atoms with van der Waals surface area (Å²) in [5.74, 6) is 1.20. The molecule has 0 aromatic heterocycles. The molecule has 114 valence electrons. The maximum absolute atomic E-state index is 12.2. The molecule has 1 heterocycles. The number of anilines is 1. The van der Waals surface area contributed by atoms with Gasteiger partial charge in [-0.15, -0.1) is 0 Å². The van der Waals surface area contributed by atoms with E-state index in [0.717, 1.165) is 11.3 Å². The van der Waals surface area contributed by atoms with E-state index in [1.165, 1.54) is 0 Å². The minimum Gasteiger partial charge on any atom is -0.493 e. The van der Waals surface area contributed by atoms with Crippen LogP contribution in [0.3, 0.4) is 0 Å². The highest BCUT2D eigenvalue weighted by Crippen LogP contribution is 2.40. The summed E-state index contributed by atoms with van der Waals surface area (Å²) in [4.78, 5) is 13.9. The van der Waals surface area contributed by atoms with E-state index in [-0.39, 0.29) is 11.9 Å². The molecule has 2 aromatic carbocycles. The van der Waals surface area contributed by atoms with Crippen LogP contribution in [-0.4, -0.2) is 26.2 Å². The van der Waals surface area contributed by atoms with Gasteiger partial charge in [-0.1, -0.05) is 24.3 Å². The van der Waals surface area contributed by atoms with Crippen molar-refractivity contribution in [3.63, 3.8) is 0 Å². The fourth-order valence-corrected chi connectivity index (χ4v) is 2.78. The molecule has 0 saturated carbocycles. The molecule has 2 aromatic rings. The predicted octanol–water partition coefficient (Wildman–Crippen LogP) is 2.12. The fourth-order valence-electron chi connectivity index (χ4n) is 2.78. The Labute approximate surface area is 129 Å². The molecule has 1 saturated heterocycles. The molecule has 1 fully saturated rings. The number of β-lactam (4-membered cyclic amide) rings is 1. The van der Waals surface area contributed by atoms with Gasteiger partial charge in [0.15, 0.2) is 11.5 Å². The van der Waals surface area contributed by atoms with E-state index in [1.807, 2.05) is 48.5 Å². The number of amides is 1. The van der Waals surface area contributed by atoms with Crippen LogP contribution in [0.1, 0.15) is 11.6 Å². The third kappa shape index (κ3) is 2.19. The smallest absolute Gasteiger partial charge is 0.247 e. The molecular weight excluding hydrogens is 280 g/mol. The molecule has 0 bridgehead atoms. The Hall–Kier alpha value is -2.53. The van der Waals surface area contributed by atoms with Crippen LogP contribution in [0, 0.1) is 0 Å². The predicted molar refractivity (Wildman–Crippen MR) is 84.2 cm³/mol. The Morgan fingerprint density at radius 1 is 1.00 bits per heavy atom. The van der Waals surface area contributed by atoms with Gasteiger partial charge in [0.2, 0.25) is 5.91 Å². The molecule has 5 heteroatoms. The van der Waals surface area contributed by atoms with E-state index in [0.29, 0.717) is 11.5 Å². The lowest BCUT2D eigenvalue weighted by Crippen LogP contribution is -2.63. The van der Waals surface area contributed by atoms with E-state index in [9.17, 15) is 4.79 Å². The van der Waals surface area contributed by atoms with Crippen LogP contribution >= 0.6 is 0 Å². The topological polar surface area (TPSA) is 64.8 Å². The minimum absolute atomic E-state index is 0.0778. The van der Waals surface area contributed by atoms with Gasteiger partial charge in [-0.25, -0.2) is 0 Å². The zero-order valence-corrected chi connectivity index (χ0v) is 12.5. The van der Waals surface area contributed by atoms with Gasteiger partial charge in [-0.05, 0) is 29.8 Å². The average Bonchev–Trinajstić information content (AvgIpc) is 2.58. The van der Waals surface area contributed by atoms with Gasteiger partial charge in [0.05, 0.1) is 20.3 Å². The summed E-state index contributed by atoms with van der Waals surface area (Å²) >= 11 is 0. The summed E-state index contributed by atoms with van der Waals surface area (Å²) < 4.78 is 10.6. The Bertz CT molecular complexity index is 688. The maximum Gasteiger partial charge on any atom is 0.247 e. The fraction of sp³-hybridized carbons (Fsp3) is 0.235. The summed E-state index contributed by atoms with van der Waals surface area (Å²) in [5.41, 5.74) is 7.79. The van der Waals surface area contributed by atoms with Crippen LogP contribution in [0.2, 0.25) is 0 Å². The number of nitrogens with zero attached hydrogens (tertiary/aromatic N) is 1. The van der Waals surface area contributed by atoms with E-state index in [4.69, 9.17) is 15.2 Å². The summed E-state index contributed by atoms with van der Waals surface area (Å²) in [7, 11) is 3.18. The molecule has 3 rings (SSSR count). The second-order valence-corrected chi connectivity index (χ2v) is 5.13. The summed E-state index contributed by atoms with van der Waals surface area (Å²) in [6.45, 7) is 0. The molecule has 2 atom stereocenters. The number of hydrogen-bond donors (Lipinski definition) is 1. The van der Waals surface area contributed by atoms with Gasteiger partial charge >= 0.3 is 0 Å². The number of ether oxygens (including phenoxy) is 2. The van der Waals surface area contributed by atoms with E-state index < -0.39 is 6.04 Å². The standard InChI is InChI=1S/C17H18N2O3/c1-21-13-9-8-11(10-14(13)22-2)16-15(18)17(20)19(16)12-6-4-3-5-7-12/h3-10,15-16H,18H2,1-2H3/t15-,16-/m0/s1. The molecule has 22 heavy (non-hydrogen) atoms. The Kier molecular flexibility index (Phi) is 3.73. The summed E-state index contributed by atoms with van der Waals surface area (Å²) in [5, 5.41) is 0. The molecule has 5 nitrogen and oxygen atoms in total. The van der Waals surface area contributed by atoms with Gasteiger partial charge in [0, 0.05) is 5.69 Å². The lowest BCUT2D eigenvalue weighted by atomic mass is 9.88. The maximum atomic E-state index is 12.2. The quantitative estimate of drug-likeness (QED) is 0.878. The number of methoxy groups -OCH3 is 2. The second-order valence-electron chi connectivity index (χ2n) is 5.13. The average molecular weight is 298 g/mol. The monoisotopic (exact) mass is 298 g/mol. The Morgan fingerprint density at radius 2 is 1.68 bits per heavy atom.